The minimum atomic E-state index is -4.32. The van der Waals surface area contributed by atoms with Crippen molar-refractivity contribution in [3.8, 4) is 0 Å². The largest absolute Gasteiger partial charge is 0.462 e. The molecule has 0 aliphatic rings. The van der Waals surface area contributed by atoms with Gasteiger partial charge in [0.25, 0.3) is 10.1 Å². The first-order valence-electron chi connectivity index (χ1n) is 14.7. The maximum Gasteiger partial charge on any atom is 0.339 e. The Bertz CT molecular complexity index is 882. The third kappa shape index (κ3) is 15.5. The molecule has 1 N–H and O–H groups in total. The molecule has 0 saturated heterocycles. The highest BCUT2D eigenvalue weighted by Crippen LogP contribution is 2.16. The van der Waals surface area contributed by atoms with Crippen molar-refractivity contribution in [2.45, 2.75) is 128 Å². The molecule has 0 aromatic heterocycles. The van der Waals surface area contributed by atoms with Crippen molar-refractivity contribution in [2.75, 3.05) is 13.2 Å². The summed E-state index contributed by atoms with van der Waals surface area (Å²) in [6.45, 7) is 3.61. The summed E-state index contributed by atoms with van der Waals surface area (Å²) in [6.07, 6.45) is 20.4. The standard InChI is InChI=1S/C30H50O7S/c1-3-5-6-7-8-9-10-11-12-13-14-15-16-17-18-21-24-36-29(31)27-22-19-20-23-28(27)30(32)37-25-26(4-2)38(33,34)35/h19-20,22-23,26H,3-18,21,24-25H2,1-2H3,(H,33,34,35). The van der Waals surface area contributed by atoms with Gasteiger partial charge < -0.3 is 9.47 Å². The number of unbranched alkanes of at least 4 members (excludes halogenated alkanes) is 15. The van der Waals surface area contributed by atoms with Crippen LogP contribution in [0.2, 0.25) is 0 Å². The smallest absolute Gasteiger partial charge is 0.339 e. The molecule has 218 valence electrons. The van der Waals surface area contributed by atoms with Crippen LogP contribution >= 0.6 is 0 Å². The normalized spacial score (nSPS) is 12.3. The van der Waals surface area contributed by atoms with Crippen LogP contribution in [0.1, 0.15) is 144 Å². The number of rotatable bonds is 23. The number of hydrogen-bond acceptors (Lipinski definition) is 6. The third-order valence-corrected chi connectivity index (χ3v) is 8.19. The van der Waals surface area contributed by atoms with Crippen LogP contribution in [0.4, 0.5) is 0 Å². The number of esters is 2. The van der Waals surface area contributed by atoms with Crippen LogP contribution in [-0.2, 0) is 19.6 Å². The zero-order valence-corrected chi connectivity index (χ0v) is 24.4. The van der Waals surface area contributed by atoms with E-state index < -0.39 is 33.9 Å². The van der Waals surface area contributed by atoms with Gasteiger partial charge in [0, 0.05) is 0 Å². The number of benzene rings is 1. The van der Waals surface area contributed by atoms with Crippen LogP contribution < -0.4 is 0 Å². The predicted molar refractivity (Wildman–Crippen MR) is 152 cm³/mol. The third-order valence-electron chi connectivity index (χ3n) is 6.87. The lowest BCUT2D eigenvalue weighted by atomic mass is 10.0. The van der Waals surface area contributed by atoms with E-state index in [0.29, 0.717) is 0 Å². The molecule has 1 atom stereocenters. The molecule has 0 radical (unpaired) electrons. The monoisotopic (exact) mass is 554 g/mol. The average Bonchev–Trinajstić information content (AvgIpc) is 2.89. The molecule has 0 aliphatic carbocycles. The van der Waals surface area contributed by atoms with Gasteiger partial charge in [-0.1, -0.05) is 122 Å². The van der Waals surface area contributed by atoms with E-state index in [1.54, 1.807) is 19.1 Å². The van der Waals surface area contributed by atoms with Gasteiger partial charge in [0.1, 0.15) is 11.9 Å². The lowest BCUT2D eigenvalue weighted by Gasteiger charge is -2.13. The molecule has 38 heavy (non-hydrogen) atoms. The second-order valence-corrected chi connectivity index (χ2v) is 11.8. The molecular formula is C30H50O7S. The van der Waals surface area contributed by atoms with E-state index in [1.165, 1.54) is 95.6 Å². The van der Waals surface area contributed by atoms with E-state index in [9.17, 15) is 22.6 Å². The molecule has 1 rings (SSSR count). The van der Waals surface area contributed by atoms with E-state index in [4.69, 9.17) is 9.47 Å². The van der Waals surface area contributed by atoms with Crippen molar-refractivity contribution >= 4 is 22.1 Å². The summed E-state index contributed by atoms with van der Waals surface area (Å²) in [6, 6.07) is 6.12. The van der Waals surface area contributed by atoms with Crippen molar-refractivity contribution in [1.82, 2.24) is 0 Å². The first kappa shape index (κ1) is 34.1. The Labute approximate surface area is 230 Å². The summed E-state index contributed by atoms with van der Waals surface area (Å²) in [5, 5.41) is -1.21. The summed E-state index contributed by atoms with van der Waals surface area (Å²) in [7, 11) is -4.32. The molecule has 0 saturated carbocycles. The lowest BCUT2D eigenvalue weighted by molar-refractivity contribution is 0.0452. The van der Waals surface area contributed by atoms with E-state index in [-0.39, 0.29) is 24.2 Å². The fraction of sp³-hybridized carbons (Fsp3) is 0.733. The number of carbonyl (C=O) groups excluding carboxylic acids is 2. The van der Waals surface area contributed by atoms with Gasteiger partial charge in [0.2, 0.25) is 0 Å². The van der Waals surface area contributed by atoms with Gasteiger partial charge in [0.15, 0.2) is 0 Å². The van der Waals surface area contributed by atoms with Crippen LogP contribution in [0.25, 0.3) is 0 Å². The van der Waals surface area contributed by atoms with Crippen LogP contribution in [0.3, 0.4) is 0 Å². The molecule has 0 heterocycles. The zero-order valence-electron chi connectivity index (χ0n) is 23.6. The molecule has 1 aromatic rings. The SMILES string of the molecule is CCCCCCCCCCCCCCCCCCOC(=O)c1ccccc1C(=O)OCC(CC)S(=O)(=O)O. The van der Waals surface area contributed by atoms with Crippen LogP contribution in [0.15, 0.2) is 24.3 Å². The van der Waals surface area contributed by atoms with Gasteiger partial charge in [-0.15, -0.1) is 0 Å². The first-order chi connectivity index (χ1) is 18.3. The zero-order chi connectivity index (χ0) is 28.1. The number of hydrogen-bond donors (Lipinski definition) is 1. The van der Waals surface area contributed by atoms with Crippen molar-refractivity contribution in [2.24, 2.45) is 0 Å². The van der Waals surface area contributed by atoms with Crippen LogP contribution in [0, 0.1) is 0 Å². The molecule has 0 amide bonds. The Kier molecular flexibility index (Phi) is 18.8. The van der Waals surface area contributed by atoms with E-state index in [0.717, 1.165) is 19.3 Å². The average molecular weight is 555 g/mol. The number of ether oxygens (including phenoxy) is 2. The highest BCUT2D eigenvalue weighted by Gasteiger charge is 2.25. The van der Waals surface area contributed by atoms with Crippen molar-refractivity contribution in [3.05, 3.63) is 35.4 Å². The molecule has 0 fully saturated rings. The second kappa shape index (κ2) is 21.0. The molecule has 8 heteroatoms. The van der Waals surface area contributed by atoms with Crippen LogP contribution in [0.5, 0.6) is 0 Å². The Morgan fingerprint density at radius 1 is 0.684 bits per heavy atom. The molecular weight excluding hydrogens is 504 g/mol. The summed E-state index contributed by atoms with van der Waals surface area (Å²) < 4.78 is 42.2. The molecule has 1 unspecified atom stereocenters. The van der Waals surface area contributed by atoms with Gasteiger partial charge in [-0.3, -0.25) is 4.55 Å². The predicted octanol–water partition coefficient (Wildman–Crippen LogP) is 7.93. The Morgan fingerprint density at radius 3 is 1.47 bits per heavy atom. The Morgan fingerprint density at radius 2 is 1.08 bits per heavy atom. The molecule has 0 spiro atoms. The fourth-order valence-electron chi connectivity index (χ4n) is 4.39. The van der Waals surface area contributed by atoms with Gasteiger partial charge in [0.05, 0.1) is 17.7 Å². The van der Waals surface area contributed by atoms with E-state index >= 15 is 0 Å². The minimum absolute atomic E-state index is 0.00895. The fourth-order valence-corrected chi connectivity index (χ4v) is 5.05. The van der Waals surface area contributed by atoms with Crippen molar-refractivity contribution < 1.29 is 32.0 Å². The number of carbonyl (C=O) groups is 2. The Hall–Kier alpha value is -1.93. The molecule has 0 bridgehead atoms. The summed E-state index contributed by atoms with van der Waals surface area (Å²) in [5.41, 5.74) is 0.0866. The minimum Gasteiger partial charge on any atom is -0.462 e. The highest BCUT2D eigenvalue weighted by molar-refractivity contribution is 7.86. The van der Waals surface area contributed by atoms with Crippen LogP contribution in [-0.4, -0.2) is 43.4 Å². The Balaban J connectivity index is 2.15. The molecule has 1 aromatic carbocycles. The topological polar surface area (TPSA) is 107 Å². The molecule has 7 nitrogen and oxygen atoms in total. The summed E-state index contributed by atoms with van der Waals surface area (Å²) in [4.78, 5) is 25.0. The van der Waals surface area contributed by atoms with Crippen molar-refractivity contribution in [1.29, 1.82) is 0 Å². The lowest BCUT2D eigenvalue weighted by Crippen LogP contribution is -2.27. The second-order valence-electron chi connectivity index (χ2n) is 10.1. The van der Waals surface area contributed by atoms with Gasteiger partial charge in [-0.25, -0.2) is 9.59 Å². The highest BCUT2D eigenvalue weighted by atomic mass is 32.2. The van der Waals surface area contributed by atoms with E-state index in [2.05, 4.69) is 6.92 Å². The summed E-state index contributed by atoms with van der Waals surface area (Å²) in [5.74, 6) is -1.44. The van der Waals surface area contributed by atoms with Gasteiger partial charge >= 0.3 is 11.9 Å². The maximum atomic E-state index is 12.5. The van der Waals surface area contributed by atoms with E-state index in [1.807, 2.05) is 0 Å². The molecule has 0 aliphatic heterocycles. The quantitative estimate of drug-likeness (QED) is 0.0831. The van der Waals surface area contributed by atoms with Crippen molar-refractivity contribution in [3.63, 3.8) is 0 Å². The van der Waals surface area contributed by atoms with Gasteiger partial charge in [-0.2, -0.15) is 8.42 Å². The summed E-state index contributed by atoms with van der Waals surface area (Å²) >= 11 is 0. The maximum absolute atomic E-state index is 12.5. The first-order valence-corrected chi connectivity index (χ1v) is 16.2. The van der Waals surface area contributed by atoms with Gasteiger partial charge in [-0.05, 0) is 25.0 Å².